The first-order valence-electron chi connectivity index (χ1n) is 6.15. The maximum atomic E-state index is 10.1. The van der Waals surface area contributed by atoms with E-state index in [1.807, 2.05) is 0 Å². The fourth-order valence-corrected chi connectivity index (χ4v) is 3.48. The number of rotatable bonds is 4. The predicted molar refractivity (Wildman–Crippen MR) is 69.0 cm³/mol. The average molecular weight is 239 g/mol. The van der Waals surface area contributed by atoms with Crippen LogP contribution in [0.2, 0.25) is 0 Å². The topological polar surface area (TPSA) is 32.3 Å². The summed E-state index contributed by atoms with van der Waals surface area (Å²) >= 11 is 1.77. The number of aliphatic hydroxyl groups is 1. The lowest BCUT2D eigenvalue weighted by molar-refractivity contribution is 0.169. The van der Waals surface area contributed by atoms with Crippen LogP contribution in [0.15, 0.2) is 6.07 Å². The quantitative estimate of drug-likeness (QED) is 0.846. The van der Waals surface area contributed by atoms with Gasteiger partial charge < -0.3 is 10.4 Å². The standard InChI is InChI=1S/C13H21NOS/c1-9-7-12(10(2)16-9)13(15)8-14-11-5-3-4-6-11/h7,11,13-15H,3-6,8H2,1-2H3. The van der Waals surface area contributed by atoms with E-state index >= 15 is 0 Å². The Morgan fingerprint density at radius 1 is 1.44 bits per heavy atom. The first-order valence-corrected chi connectivity index (χ1v) is 6.97. The van der Waals surface area contributed by atoms with E-state index in [-0.39, 0.29) is 6.10 Å². The van der Waals surface area contributed by atoms with Gasteiger partial charge in [0.15, 0.2) is 0 Å². The Kier molecular flexibility index (Phi) is 4.00. The third kappa shape index (κ3) is 2.84. The fourth-order valence-electron chi connectivity index (χ4n) is 2.50. The van der Waals surface area contributed by atoms with Gasteiger partial charge in [0, 0.05) is 22.3 Å². The smallest absolute Gasteiger partial charge is 0.0925 e. The molecule has 1 aliphatic rings. The number of hydrogen-bond donors (Lipinski definition) is 2. The fraction of sp³-hybridized carbons (Fsp3) is 0.692. The van der Waals surface area contributed by atoms with Gasteiger partial charge in [-0.25, -0.2) is 0 Å². The molecular weight excluding hydrogens is 218 g/mol. The normalized spacial score (nSPS) is 19.2. The van der Waals surface area contributed by atoms with Crippen molar-refractivity contribution in [1.29, 1.82) is 0 Å². The molecular formula is C13H21NOS. The molecule has 1 aromatic rings. The summed E-state index contributed by atoms with van der Waals surface area (Å²) in [6.45, 7) is 4.88. The van der Waals surface area contributed by atoms with Gasteiger partial charge in [0.2, 0.25) is 0 Å². The van der Waals surface area contributed by atoms with Gasteiger partial charge in [-0.1, -0.05) is 12.8 Å². The molecule has 1 saturated carbocycles. The minimum atomic E-state index is -0.342. The van der Waals surface area contributed by atoms with Crippen LogP contribution < -0.4 is 5.32 Å². The molecule has 1 atom stereocenters. The molecule has 2 N–H and O–H groups in total. The van der Waals surface area contributed by atoms with Crippen LogP contribution in [0.3, 0.4) is 0 Å². The van der Waals surface area contributed by atoms with Gasteiger partial charge in [0.05, 0.1) is 6.10 Å². The maximum absolute atomic E-state index is 10.1. The highest BCUT2D eigenvalue weighted by Gasteiger charge is 2.17. The molecule has 16 heavy (non-hydrogen) atoms. The summed E-state index contributed by atoms with van der Waals surface area (Å²) in [6.07, 6.45) is 4.88. The Bertz CT molecular complexity index is 342. The largest absolute Gasteiger partial charge is 0.387 e. The van der Waals surface area contributed by atoms with Crippen molar-refractivity contribution in [3.8, 4) is 0 Å². The molecule has 0 saturated heterocycles. The third-order valence-electron chi connectivity index (χ3n) is 3.39. The summed E-state index contributed by atoms with van der Waals surface area (Å²) in [4.78, 5) is 2.53. The summed E-state index contributed by atoms with van der Waals surface area (Å²) < 4.78 is 0. The minimum absolute atomic E-state index is 0.342. The second-order valence-corrected chi connectivity index (χ2v) is 6.23. The molecule has 2 rings (SSSR count). The van der Waals surface area contributed by atoms with Crippen molar-refractivity contribution in [2.24, 2.45) is 0 Å². The SMILES string of the molecule is Cc1cc(C(O)CNC2CCCC2)c(C)s1. The molecule has 0 spiro atoms. The van der Waals surface area contributed by atoms with E-state index < -0.39 is 0 Å². The Labute approximate surface area is 102 Å². The van der Waals surface area contributed by atoms with Crippen LogP contribution in [0.25, 0.3) is 0 Å². The van der Waals surface area contributed by atoms with Crippen molar-refractivity contribution in [3.63, 3.8) is 0 Å². The lowest BCUT2D eigenvalue weighted by atomic mass is 10.1. The van der Waals surface area contributed by atoms with Crippen LogP contribution in [0.4, 0.5) is 0 Å². The minimum Gasteiger partial charge on any atom is -0.387 e. The molecule has 1 aromatic heterocycles. The van der Waals surface area contributed by atoms with E-state index in [0.717, 1.165) is 5.56 Å². The lowest BCUT2D eigenvalue weighted by Crippen LogP contribution is -2.30. The molecule has 1 fully saturated rings. The summed E-state index contributed by atoms with van der Waals surface area (Å²) in [5, 5.41) is 13.6. The molecule has 3 heteroatoms. The van der Waals surface area contributed by atoms with E-state index in [4.69, 9.17) is 0 Å². The van der Waals surface area contributed by atoms with Crippen molar-refractivity contribution in [1.82, 2.24) is 5.32 Å². The van der Waals surface area contributed by atoms with Crippen molar-refractivity contribution < 1.29 is 5.11 Å². The molecule has 0 bridgehead atoms. The number of hydrogen-bond acceptors (Lipinski definition) is 3. The summed E-state index contributed by atoms with van der Waals surface area (Å²) in [7, 11) is 0. The molecule has 1 unspecified atom stereocenters. The Hall–Kier alpha value is -0.380. The predicted octanol–water partition coefficient (Wildman–Crippen LogP) is 2.93. The highest BCUT2D eigenvalue weighted by Crippen LogP contribution is 2.26. The van der Waals surface area contributed by atoms with Gasteiger partial charge in [-0.15, -0.1) is 11.3 Å². The van der Waals surface area contributed by atoms with Crippen molar-refractivity contribution in [2.75, 3.05) is 6.54 Å². The zero-order valence-electron chi connectivity index (χ0n) is 10.1. The van der Waals surface area contributed by atoms with Crippen LogP contribution in [0.1, 0.15) is 47.1 Å². The number of aliphatic hydroxyl groups excluding tert-OH is 1. The van der Waals surface area contributed by atoms with Gasteiger partial charge in [0.25, 0.3) is 0 Å². The molecule has 1 heterocycles. The molecule has 1 aliphatic carbocycles. The molecule has 90 valence electrons. The molecule has 2 nitrogen and oxygen atoms in total. The summed E-state index contributed by atoms with van der Waals surface area (Å²) in [5.41, 5.74) is 1.10. The number of aryl methyl sites for hydroxylation is 2. The van der Waals surface area contributed by atoms with E-state index in [0.29, 0.717) is 12.6 Å². The summed E-state index contributed by atoms with van der Waals surface area (Å²) in [6, 6.07) is 2.75. The zero-order valence-corrected chi connectivity index (χ0v) is 10.9. The van der Waals surface area contributed by atoms with Crippen molar-refractivity contribution >= 4 is 11.3 Å². The molecule has 0 amide bonds. The van der Waals surface area contributed by atoms with Gasteiger partial charge in [-0.3, -0.25) is 0 Å². The van der Waals surface area contributed by atoms with E-state index in [2.05, 4.69) is 25.2 Å². The van der Waals surface area contributed by atoms with Gasteiger partial charge in [-0.05, 0) is 38.3 Å². The maximum Gasteiger partial charge on any atom is 0.0925 e. The average Bonchev–Trinajstić information content (AvgIpc) is 2.84. The van der Waals surface area contributed by atoms with Crippen LogP contribution >= 0.6 is 11.3 Å². The van der Waals surface area contributed by atoms with Crippen LogP contribution in [0, 0.1) is 13.8 Å². The number of nitrogens with one attached hydrogen (secondary N) is 1. The molecule has 0 aromatic carbocycles. The molecule has 0 aliphatic heterocycles. The Morgan fingerprint density at radius 2 is 2.12 bits per heavy atom. The van der Waals surface area contributed by atoms with Gasteiger partial charge in [0.1, 0.15) is 0 Å². The zero-order chi connectivity index (χ0) is 11.5. The second kappa shape index (κ2) is 5.30. The van der Waals surface area contributed by atoms with E-state index in [1.165, 1.54) is 35.4 Å². The van der Waals surface area contributed by atoms with Gasteiger partial charge >= 0.3 is 0 Å². The van der Waals surface area contributed by atoms with Crippen LogP contribution in [-0.4, -0.2) is 17.7 Å². The van der Waals surface area contributed by atoms with E-state index in [1.54, 1.807) is 11.3 Å². The van der Waals surface area contributed by atoms with Crippen molar-refractivity contribution in [3.05, 3.63) is 21.4 Å². The second-order valence-electron chi connectivity index (χ2n) is 4.77. The highest BCUT2D eigenvalue weighted by atomic mass is 32.1. The Morgan fingerprint density at radius 3 is 2.69 bits per heavy atom. The van der Waals surface area contributed by atoms with Gasteiger partial charge in [-0.2, -0.15) is 0 Å². The van der Waals surface area contributed by atoms with Crippen molar-refractivity contribution in [2.45, 2.75) is 51.7 Å². The van der Waals surface area contributed by atoms with Crippen LogP contribution in [0.5, 0.6) is 0 Å². The molecule has 0 radical (unpaired) electrons. The lowest BCUT2D eigenvalue weighted by Gasteiger charge is -2.16. The first-order chi connectivity index (χ1) is 7.66. The number of thiophene rings is 1. The third-order valence-corrected chi connectivity index (χ3v) is 4.38. The highest BCUT2D eigenvalue weighted by molar-refractivity contribution is 7.12. The monoisotopic (exact) mass is 239 g/mol. The summed E-state index contributed by atoms with van der Waals surface area (Å²) in [5.74, 6) is 0. The first kappa shape index (κ1) is 12.1. The van der Waals surface area contributed by atoms with E-state index in [9.17, 15) is 5.11 Å². The Balaban J connectivity index is 1.87. The van der Waals surface area contributed by atoms with Crippen LogP contribution in [-0.2, 0) is 0 Å².